The van der Waals surface area contributed by atoms with Crippen LogP contribution in [0.3, 0.4) is 0 Å². The van der Waals surface area contributed by atoms with Gasteiger partial charge in [-0.25, -0.2) is 19.8 Å². The lowest BCUT2D eigenvalue weighted by Gasteiger charge is -2.26. The van der Waals surface area contributed by atoms with E-state index in [1.54, 1.807) is 0 Å². The molecule has 0 saturated heterocycles. The molecule has 0 aliphatic heterocycles. The fraction of sp³-hybridized carbons (Fsp3) is 0.195. The van der Waals surface area contributed by atoms with Crippen LogP contribution in [-0.2, 0) is 21.7 Å². The molecule has 0 fully saturated rings. The summed E-state index contributed by atoms with van der Waals surface area (Å²) in [7, 11) is 0. The molecule has 0 bridgehead atoms. The summed E-state index contributed by atoms with van der Waals surface area (Å²) in [6, 6.07) is 88.2. The van der Waals surface area contributed by atoms with Gasteiger partial charge in [0.1, 0.15) is 0 Å². The van der Waals surface area contributed by atoms with Gasteiger partial charge < -0.3 is 14.0 Å². The zero-order valence-electron chi connectivity index (χ0n) is 56.2. The highest BCUT2D eigenvalue weighted by Crippen LogP contribution is 2.46. The first-order valence-electron chi connectivity index (χ1n) is 32.8. The van der Waals surface area contributed by atoms with E-state index in [2.05, 4.69) is 339 Å². The van der Waals surface area contributed by atoms with E-state index in [0.717, 1.165) is 100 Å². The van der Waals surface area contributed by atoms with Crippen molar-refractivity contribution in [2.75, 3.05) is 4.90 Å². The SMILES string of the molecule is [C-]#[N+]c1ccc(-c2ccc(-c3cc(-c4nc(-c5cc(C(C)(C)C)cc(C(C)(C)C)c5)nc(-c5cc(C(C)(C)C)cc(C(C)(C)C)c5)n4)ccc3-n3c4ccccc4c4cc(N(c5ccccc5)c5ccccc5)ccc43)c(-n3c4ccccc4c4cc(C)ccc43)c2)cc1. The van der Waals surface area contributed by atoms with Gasteiger partial charge in [0, 0.05) is 66.4 Å². The van der Waals surface area contributed by atoms with E-state index in [1.807, 2.05) is 12.1 Å². The Balaban J connectivity index is 1.09. The molecule has 0 spiro atoms. The summed E-state index contributed by atoms with van der Waals surface area (Å²) < 4.78 is 4.91. The Hall–Kier alpha value is -10.7. The number of hydrogen-bond acceptors (Lipinski definition) is 4. The van der Waals surface area contributed by atoms with E-state index < -0.39 is 0 Å². The number of rotatable bonds is 10. The highest BCUT2D eigenvalue weighted by atomic mass is 15.1. The van der Waals surface area contributed by atoms with Crippen LogP contribution >= 0.6 is 0 Å². The molecule has 3 heterocycles. The van der Waals surface area contributed by atoms with Crippen LogP contribution < -0.4 is 4.90 Å². The van der Waals surface area contributed by atoms with Crippen LogP contribution in [0.15, 0.2) is 243 Å². The second-order valence-corrected chi connectivity index (χ2v) is 29.5. The van der Waals surface area contributed by atoms with Crippen LogP contribution in [0.4, 0.5) is 22.7 Å². The van der Waals surface area contributed by atoms with Crippen LogP contribution in [0, 0.1) is 13.5 Å². The first-order chi connectivity index (χ1) is 45.0. The third kappa shape index (κ3) is 11.3. The molecule has 0 atom stereocenters. The first-order valence-corrected chi connectivity index (χ1v) is 32.8. The van der Waals surface area contributed by atoms with E-state index in [9.17, 15) is 0 Å². The van der Waals surface area contributed by atoms with Crippen molar-refractivity contribution < 1.29 is 0 Å². The van der Waals surface area contributed by atoms with Crippen molar-refractivity contribution >= 4 is 66.4 Å². The highest BCUT2D eigenvalue weighted by molar-refractivity contribution is 6.13. The highest BCUT2D eigenvalue weighted by Gasteiger charge is 2.28. The molecular weight excluding hydrogens is 1140 g/mol. The molecule has 94 heavy (non-hydrogen) atoms. The second kappa shape index (κ2) is 23.2. The first kappa shape index (κ1) is 60.9. The molecule has 0 saturated carbocycles. The van der Waals surface area contributed by atoms with E-state index in [0.29, 0.717) is 23.2 Å². The van der Waals surface area contributed by atoms with Gasteiger partial charge in [0.15, 0.2) is 23.2 Å². The van der Waals surface area contributed by atoms with Crippen molar-refractivity contribution in [1.29, 1.82) is 0 Å². The quantitative estimate of drug-likeness (QED) is 0.128. The number of anilines is 3. The van der Waals surface area contributed by atoms with Gasteiger partial charge >= 0.3 is 0 Å². The predicted octanol–water partition coefficient (Wildman–Crippen LogP) is 23.9. The zero-order valence-corrected chi connectivity index (χ0v) is 56.2. The average molecular weight is 1220 g/mol. The third-order valence-electron chi connectivity index (χ3n) is 18.6. The van der Waals surface area contributed by atoms with Gasteiger partial charge in [-0.2, -0.15) is 0 Å². The Labute approximate surface area is 553 Å². The minimum absolute atomic E-state index is 0.150. The lowest BCUT2D eigenvalue weighted by molar-refractivity contribution is 0.568. The predicted molar refractivity (Wildman–Crippen MR) is 396 cm³/mol. The Morgan fingerprint density at radius 2 is 0.745 bits per heavy atom. The van der Waals surface area contributed by atoms with Gasteiger partial charge in [-0.1, -0.05) is 216 Å². The Morgan fingerprint density at radius 3 is 1.24 bits per heavy atom. The van der Waals surface area contributed by atoms with Gasteiger partial charge in [-0.3, -0.25) is 0 Å². The Bertz CT molecular complexity index is 5100. The second-order valence-electron chi connectivity index (χ2n) is 29.5. The molecule has 14 rings (SSSR count). The molecule has 0 unspecified atom stereocenters. The lowest BCUT2D eigenvalue weighted by Crippen LogP contribution is -2.17. The summed E-state index contributed by atoms with van der Waals surface area (Å²) in [5.41, 5.74) is 22.4. The maximum absolute atomic E-state index is 7.84. The molecule has 14 aromatic rings. The fourth-order valence-corrected chi connectivity index (χ4v) is 13.3. The summed E-state index contributed by atoms with van der Waals surface area (Å²) in [5, 5.41) is 4.62. The fourth-order valence-electron chi connectivity index (χ4n) is 13.3. The van der Waals surface area contributed by atoms with E-state index in [4.69, 9.17) is 21.5 Å². The Kier molecular flexibility index (Phi) is 15.0. The van der Waals surface area contributed by atoms with Crippen molar-refractivity contribution in [1.82, 2.24) is 24.1 Å². The average Bonchev–Trinajstić information content (AvgIpc) is 1.60. The van der Waals surface area contributed by atoms with Gasteiger partial charge in [-0.15, -0.1) is 0 Å². The Morgan fingerprint density at radius 1 is 0.319 bits per heavy atom. The molecule has 11 aromatic carbocycles. The maximum atomic E-state index is 7.84. The molecule has 0 aliphatic carbocycles. The third-order valence-corrected chi connectivity index (χ3v) is 18.6. The van der Waals surface area contributed by atoms with Crippen molar-refractivity contribution in [3.63, 3.8) is 0 Å². The van der Waals surface area contributed by atoms with Crippen molar-refractivity contribution in [3.8, 4) is 67.8 Å². The number of benzene rings is 11. The van der Waals surface area contributed by atoms with Gasteiger partial charge in [0.2, 0.25) is 0 Å². The minimum Gasteiger partial charge on any atom is -0.310 e. The smallest absolute Gasteiger partial charge is 0.187 e. The molecule has 0 amide bonds. The summed E-state index contributed by atoms with van der Waals surface area (Å²) in [6.45, 7) is 37.4. The molecule has 0 radical (unpaired) electrons. The number of nitrogens with zero attached hydrogens (tertiary/aromatic N) is 7. The maximum Gasteiger partial charge on any atom is 0.187 e. The number of para-hydroxylation sites is 4. The van der Waals surface area contributed by atoms with Crippen molar-refractivity contribution in [3.05, 3.63) is 282 Å². The van der Waals surface area contributed by atoms with E-state index in [1.165, 1.54) is 38.6 Å². The number of aryl methyl sites for hydroxylation is 1. The molecule has 7 heteroatoms. The summed E-state index contributed by atoms with van der Waals surface area (Å²) in [4.78, 5) is 23.0. The van der Waals surface area contributed by atoms with E-state index >= 15 is 0 Å². The molecule has 0 N–H and O–H groups in total. The van der Waals surface area contributed by atoms with Crippen LogP contribution in [0.5, 0.6) is 0 Å². The summed E-state index contributed by atoms with van der Waals surface area (Å²) >= 11 is 0. The number of aromatic nitrogens is 5. The van der Waals surface area contributed by atoms with Gasteiger partial charge in [-0.05, 0) is 177 Å². The summed E-state index contributed by atoms with van der Waals surface area (Å²) in [6.07, 6.45) is 0. The van der Waals surface area contributed by atoms with Gasteiger partial charge in [0.05, 0.1) is 40.0 Å². The standard InChI is InChI=1S/C87H79N7/c1-55-33-42-77-72(45-55)69-29-21-24-32-76(69)94(77)80-51-57(56-34-38-65(88-14)39-35-56)36-41-71(80)73-50-58(37-43-78(73)93-75-31-23-22-30-70(75)74-54-68(40-44-79(74)93)92(66-25-17-15-18-26-66)67-27-19-16-20-28-67)81-89-82(59-46-61(84(2,3)4)52-62(47-59)85(5,6)7)91-83(90-81)60-48-63(86(8,9)10)53-64(49-60)87(11,12)13/h15-54H,1-13H3. The molecule has 462 valence electrons. The van der Waals surface area contributed by atoms with Crippen molar-refractivity contribution in [2.24, 2.45) is 0 Å². The molecule has 7 nitrogen and oxygen atoms in total. The monoisotopic (exact) mass is 1220 g/mol. The molecule has 0 aliphatic rings. The lowest BCUT2D eigenvalue weighted by atomic mass is 9.79. The number of hydrogen-bond donors (Lipinski definition) is 0. The van der Waals surface area contributed by atoms with Crippen LogP contribution in [0.2, 0.25) is 0 Å². The van der Waals surface area contributed by atoms with E-state index in [-0.39, 0.29) is 21.7 Å². The van der Waals surface area contributed by atoms with Crippen LogP contribution in [-0.4, -0.2) is 24.1 Å². The zero-order chi connectivity index (χ0) is 65.6. The van der Waals surface area contributed by atoms with Crippen LogP contribution in [0.1, 0.15) is 111 Å². The molecular formula is C87H79N7. The minimum atomic E-state index is -0.150. The summed E-state index contributed by atoms with van der Waals surface area (Å²) in [5.74, 6) is 1.81. The molecule has 3 aromatic heterocycles. The van der Waals surface area contributed by atoms with Gasteiger partial charge in [0.25, 0.3) is 0 Å². The van der Waals surface area contributed by atoms with Crippen molar-refractivity contribution in [2.45, 2.75) is 112 Å². The number of fused-ring (bicyclic) bond motifs is 6. The normalized spacial score (nSPS) is 12.3. The largest absolute Gasteiger partial charge is 0.310 e. The van der Waals surface area contributed by atoms with Crippen LogP contribution in [0.25, 0.3) is 116 Å². The topological polar surface area (TPSA) is 56.1 Å².